The van der Waals surface area contributed by atoms with Crippen LogP contribution in [-0.4, -0.2) is 5.11 Å². The summed E-state index contributed by atoms with van der Waals surface area (Å²) >= 11 is 0. The topological polar surface area (TPSA) is 20.2 Å². The van der Waals surface area contributed by atoms with Crippen molar-refractivity contribution in [2.75, 3.05) is 0 Å². The van der Waals surface area contributed by atoms with Gasteiger partial charge in [-0.05, 0) is 24.6 Å². The molecule has 2 rings (SSSR count). The third-order valence-corrected chi connectivity index (χ3v) is 3.66. The van der Waals surface area contributed by atoms with E-state index in [2.05, 4.69) is 0 Å². The van der Waals surface area contributed by atoms with Gasteiger partial charge in [-0.25, -0.2) is 4.39 Å². The molecule has 1 unspecified atom stereocenters. The van der Waals surface area contributed by atoms with Crippen molar-refractivity contribution in [3.8, 4) is 5.75 Å². The van der Waals surface area contributed by atoms with Gasteiger partial charge in [0.15, 0.2) is 0 Å². The Hall–Kier alpha value is -1.40. The third-order valence-electron chi connectivity index (χ3n) is 2.30. The highest BCUT2D eigenvalue weighted by Crippen LogP contribution is 2.19. The lowest BCUT2D eigenvalue weighted by Crippen LogP contribution is -2.07. The fourth-order valence-corrected chi connectivity index (χ4v) is 2.49. The molecule has 2 aromatic carbocycles. The number of hydrogen-bond acceptors (Lipinski definition) is 1. The van der Waals surface area contributed by atoms with Gasteiger partial charge in [-0.1, -0.05) is 38.9 Å². The zero-order valence-corrected chi connectivity index (χ0v) is 9.87. The van der Waals surface area contributed by atoms with Crippen molar-refractivity contribution in [2.45, 2.75) is 6.92 Å². The average molecular weight is 234 g/mol. The van der Waals surface area contributed by atoms with Gasteiger partial charge in [0, 0.05) is 10.6 Å². The van der Waals surface area contributed by atoms with Crippen LogP contribution >= 0.6 is 8.58 Å². The first-order chi connectivity index (χ1) is 7.66. The number of rotatable bonds is 2. The Bertz CT molecular complexity index is 511. The van der Waals surface area contributed by atoms with Crippen molar-refractivity contribution in [3.05, 3.63) is 53.8 Å². The fourth-order valence-electron chi connectivity index (χ4n) is 1.45. The molecular weight excluding hydrogens is 222 g/mol. The van der Waals surface area contributed by atoms with Gasteiger partial charge in [0.05, 0.1) is 0 Å². The molecule has 1 atom stereocenters. The van der Waals surface area contributed by atoms with E-state index in [0.29, 0.717) is 5.30 Å². The minimum absolute atomic E-state index is 0.146. The maximum absolute atomic E-state index is 13.6. The van der Waals surface area contributed by atoms with E-state index >= 15 is 0 Å². The monoisotopic (exact) mass is 234 g/mol. The highest BCUT2D eigenvalue weighted by Gasteiger charge is 2.06. The zero-order valence-electron chi connectivity index (χ0n) is 8.87. The summed E-state index contributed by atoms with van der Waals surface area (Å²) in [5, 5.41) is 11.0. The number of aromatic hydroxyl groups is 1. The van der Waals surface area contributed by atoms with Crippen molar-refractivity contribution < 1.29 is 9.50 Å². The van der Waals surface area contributed by atoms with E-state index in [4.69, 9.17) is 0 Å². The maximum atomic E-state index is 13.6. The second-order valence-electron chi connectivity index (χ2n) is 3.63. The highest BCUT2D eigenvalue weighted by molar-refractivity contribution is 7.55. The smallest absolute Gasteiger partial charge is 0.131 e. The summed E-state index contributed by atoms with van der Waals surface area (Å²) < 4.78 is 13.6. The Labute approximate surface area is 95.7 Å². The number of para-hydroxylation sites is 1. The van der Waals surface area contributed by atoms with E-state index in [-0.39, 0.29) is 20.1 Å². The summed E-state index contributed by atoms with van der Waals surface area (Å²) in [7, 11) is 0.146. The summed E-state index contributed by atoms with van der Waals surface area (Å²) in [4.78, 5) is 0. The van der Waals surface area contributed by atoms with Gasteiger partial charge in [0.2, 0.25) is 0 Å². The van der Waals surface area contributed by atoms with Crippen LogP contribution in [0.5, 0.6) is 5.75 Å². The summed E-state index contributed by atoms with van der Waals surface area (Å²) in [5.74, 6) is 0.0161. The molecule has 16 heavy (non-hydrogen) atoms. The third kappa shape index (κ3) is 2.40. The summed E-state index contributed by atoms with van der Waals surface area (Å²) in [6, 6.07) is 12.2. The van der Waals surface area contributed by atoms with Crippen molar-refractivity contribution in [1.82, 2.24) is 0 Å². The second-order valence-corrected chi connectivity index (χ2v) is 4.95. The van der Waals surface area contributed by atoms with Crippen molar-refractivity contribution in [2.24, 2.45) is 0 Å². The first-order valence-corrected chi connectivity index (χ1v) is 5.98. The van der Waals surface area contributed by atoms with Crippen molar-refractivity contribution in [1.29, 1.82) is 0 Å². The number of benzene rings is 2. The van der Waals surface area contributed by atoms with Gasteiger partial charge in [-0.2, -0.15) is 0 Å². The van der Waals surface area contributed by atoms with Crippen LogP contribution in [0.1, 0.15) is 5.56 Å². The van der Waals surface area contributed by atoms with Crippen LogP contribution < -0.4 is 10.6 Å². The second kappa shape index (κ2) is 4.63. The minimum Gasteiger partial charge on any atom is -0.507 e. The Balaban J connectivity index is 2.31. The lowest BCUT2D eigenvalue weighted by molar-refractivity contribution is 0.480. The van der Waals surface area contributed by atoms with Crippen molar-refractivity contribution in [3.63, 3.8) is 0 Å². The van der Waals surface area contributed by atoms with E-state index in [0.717, 1.165) is 10.9 Å². The minimum atomic E-state index is -0.207. The quantitative estimate of drug-likeness (QED) is 0.791. The van der Waals surface area contributed by atoms with Gasteiger partial charge in [-0.3, -0.25) is 0 Å². The number of halogens is 1. The molecular formula is C13H12FOP. The van der Waals surface area contributed by atoms with Gasteiger partial charge < -0.3 is 5.11 Å². The Morgan fingerprint density at radius 3 is 2.50 bits per heavy atom. The molecule has 0 heterocycles. The zero-order chi connectivity index (χ0) is 11.5. The Morgan fingerprint density at radius 2 is 1.81 bits per heavy atom. The number of phenolic OH excluding ortho intramolecular Hbond substituents is 1. The molecule has 0 spiro atoms. The summed E-state index contributed by atoms with van der Waals surface area (Å²) in [5.41, 5.74) is 0.906. The van der Waals surface area contributed by atoms with Gasteiger partial charge in [-0.15, -0.1) is 0 Å². The first kappa shape index (κ1) is 11.1. The normalized spacial score (nSPS) is 11.1. The van der Waals surface area contributed by atoms with E-state index in [1.807, 2.05) is 25.1 Å². The number of hydrogen-bond donors (Lipinski definition) is 1. The molecule has 2 aromatic rings. The molecule has 1 nitrogen and oxygen atoms in total. The molecule has 1 N–H and O–H groups in total. The molecule has 0 aliphatic carbocycles. The molecule has 0 saturated carbocycles. The number of phenols is 1. The van der Waals surface area contributed by atoms with Gasteiger partial charge in [0.25, 0.3) is 0 Å². The Morgan fingerprint density at radius 1 is 1.06 bits per heavy atom. The van der Waals surface area contributed by atoms with Crippen LogP contribution in [0.25, 0.3) is 0 Å². The maximum Gasteiger partial charge on any atom is 0.131 e. The molecule has 0 aliphatic rings. The summed E-state index contributed by atoms with van der Waals surface area (Å²) in [6.07, 6.45) is 0. The van der Waals surface area contributed by atoms with E-state index in [1.54, 1.807) is 18.2 Å². The van der Waals surface area contributed by atoms with Crippen LogP contribution in [0.4, 0.5) is 4.39 Å². The number of aryl methyl sites for hydroxylation is 1. The van der Waals surface area contributed by atoms with E-state index < -0.39 is 0 Å². The van der Waals surface area contributed by atoms with Crippen LogP contribution in [0, 0.1) is 12.7 Å². The molecule has 0 fully saturated rings. The van der Waals surface area contributed by atoms with Crippen LogP contribution in [-0.2, 0) is 0 Å². The molecule has 0 aliphatic heterocycles. The predicted octanol–water partition coefficient (Wildman–Crippen LogP) is 2.47. The average Bonchev–Trinajstić information content (AvgIpc) is 2.25. The SMILES string of the molecule is Cc1ccc(Pc2ccccc2O)c(F)c1. The molecule has 0 radical (unpaired) electrons. The molecule has 0 bridgehead atoms. The Kier molecular flexibility index (Phi) is 3.21. The predicted molar refractivity (Wildman–Crippen MR) is 66.8 cm³/mol. The highest BCUT2D eigenvalue weighted by atomic mass is 31.1. The van der Waals surface area contributed by atoms with Crippen LogP contribution in [0.2, 0.25) is 0 Å². The van der Waals surface area contributed by atoms with Crippen LogP contribution in [0.15, 0.2) is 42.5 Å². The lowest BCUT2D eigenvalue weighted by atomic mass is 10.2. The van der Waals surface area contributed by atoms with Crippen molar-refractivity contribution >= 4 is 19.2 Å². The van der Waals surface area contributed by atoms with E-state index in [1.165, 1.54) is 6.07 Å². The molecule has 3 heteroatoms. The fraction of sp³-hybridized carbons (Fsp3) is 0.0769. The molecule has 82 valence electrons. The van der Waals surface area contributed by atoms with Gasteiger partial charge >= 0.3 is 0 Å². The van der Waals surface area contributed by atoms with Gasteiger partial charge in [0.1, 0.15) is 11.6 Å². The molecule has 0 aromatic heterocycles. The van der Waals surface area contributed by atoms with E-state index in [9.17, 15) is 9.50 Å². The molecule has 0 saturated heterocycles. The lowest BCUT2D eigenvalue weighted by Gasteiger charge is -2.06. The summed E-state index contributed by atoms with van der Waals surface area (Å²) in [6.45, 7) is 1.86. The standard InChI is InChI=1S/C13H12FOP/c1-9-6-7-12(10(14)8-9)16-13-5-3-2-4-11(13)15/h2-8,15-16H,1H3. The van der Waals surface area contributed by atoms with Crippen LogP contribution in [0.3, 0.4) is 0 Å². The molecule has 0 amide bonds. The first-order valence-electron chi connectivity index (χ1n) is 4.98. The largest absolute Gasteiger partial charge is 0.507 e.